The molecule has 0 fully saturated rings. The summed E-state index contributed by atoms with van der Waals surface area (Å²) in [6, 6.07) is 8.99. The third-order valence-electron chi connectivity index (χ3n) is 4.64. The first-order valence-corrected chi connectivity index (χ1v) is 8.28. The van der Waals surface area contributed by atoms with E-state index in [1.165, 1.54) is 6.33 Å². The summed E-state index contributed by atoms with van der Waals surface area (Å²) < 4.78 is 3.51. The maximum atomic E-state index is 13.1. The van der Waals surface area contributed by atoms with Crippen LogP contribution in [0, 0.1) is 6.92 Å². The van der Waals surface area contributed by atoms with Gasteiger partial charge in [-0.2, -0.15) is 15.2 Å². The Morgan fingerprint density at radius 1 is 1.19 bits per heavy atom. The minimum Gasteiger partial charge on any atom is -0.328 e. The van der Waals surface area contributed by atoms with Crippen LogP contribution in [0.5, 0.6) is 0 Å². The molecular weight excluding hydrogens is 330 g/mol. The smallest absolute Gasteiger partial charge is 0.255 e. The highest BCUT2D eigenvalue weighted by atomic mass is 16.1. The quantitative estimate of drug-likeness (QED) is 0.757. The van der Waals surface area contributed by atoms with E-state index in [1.807, 2.05) is 51.2 Å². The second-order valence-corrected chi connectivity index (χ2v) is 6.22. The number of aromatic nitrogens is 5. The fraction of sp³-hybridized carbons (Fsp3) is 0.222. The molecule has 0 bridgehead atoms. The molecule has 1 amide bonds. The number of rotatable bonds is 3. The van der Waals surface area contributed by atoms with Crippen LogP contribution in [-0.4, -0.2) is 30.5 Å². The van der Waals surface area contributed by atoms with Crippen molar-refractivity contribution in [2.24, 2.45) is 7.05 Å². The van der Waals surface area contributed by atoms with Crippen LogP contribution in [-0.2, 0) is 11.8 Å². The largest absolute Gasteiger partial charge is 0.328 e. The van der Waals surface area contributed by atoms with Crippen LogP contribution in [0.2, 0.25) is 0 Å². The van der Waals surface area contributed by atoms with Gasteiger partial charge >= 0.3 is 0 Å². The first-order valence-electron chi connectivity index (χ1n) is 8.28. The molecule has 3 heterocycles. The van der Waals surface area contributed by atoms with Gasteiger partial charge in [0.1, 0.15) is 12.4 Å². The Morgan fingerprint density at radius 2 is 1.96 bits per heavy atom. The van der Waals surface area contributed by atoms with Gasteiger partial charge in [0.25, 0.3) is 5.91 Å². The SMILES string of the molecule is CC1=C(C(=O)Nc2ccccc2)[C@H](c2cnn(C)c2C)n2ncnc2N1. The van der Waals surface area contributed by atoms with Gasteiger partial charge in [0.2, 0.25) is 5.95 Å². The zero-order valence-electron chi connectivity index (χ0n) is 14.8. The van der Waals surface area contributed by atoms with Gasteiger partial charge in [-0.25, -0.2) is 4.68 Å². The number of benzene rings is 1. The molecule has 0 saturated carbocycles. The number of hydrogen-bond acceptors (Lipinski definition) is 5. The van der Waals surface area contributed by atoms with E-state index >= 15 is 0 Å². The van der Waals surface area contributed by atoms with Crippen molar-refractivity contribution in [1.29, 1.82) is 0 Å². The molecule has 2 N–H and O–H groups in total. The summed E-state index contributed by atoms with van der Waals surface area (Å²) in [6.07, 6.45) is 3.26. The van der Waals surface area contributed by atoms with Gasteiger partial charge in [0.05, 0.1) is 11.8 Å². The predicted molar refractivity (Wildman–Crippen MR) is 97.5 cm³/mol. The number of allylic oxidation sites excluding steroid dienone is 1. The molecule has 0 spiro atoms. The van der Waals surface area contributed by atoms with Crippen molar-refractivity contribution in [3.63, 3.8) is 0 Å². The Morgan fingerprint density at radius 3 is 2.65 bits per heavy atom. The number of nitrogens with one attached hydrogen (secondary N) is 2. The van der Waals surface area contributed by atoms with Crippen LogP contribution in [0.1, 0.15) is 24.2 Å². The predicted octanol–water partition coefficient (Wildman–Crippen LogP) is 2.25. The average molecular weight is 349 g/mol. The number of aryl methyl sites for hydroxylation is 1. The van der Waals surface area contributed by atoms with Crippen molar-refractivity contribution < 1.29 is 4.79 Å². The second-order valence-electron chi connectivity index (χ2n) is 6.22. The molecule has 1 atom stereocenters. The summed E-state index contributed by atoms with van der Waals surface area (Å²) in [6.45, 7) is 3.85. The van der Waals surface area contributed by atoms with E-state index in [9.17, 15) is 4.79 Å². The van der Waals surface area contributed by atoms with Crippen LogP contribution >= 0.6 is 0 Å². The fourth-order valence-corrected chi connectivity index (χ4v) is 3.18. The number of para-hydroxylation sites is 1. The molecule has 132 valence electrons. The van der Waals surface area contributed by atoms with Gasteiger partial charge in [0.15, 0.2) is 0 Å². The van der Waals surface area contributed by atoms with Gasteiger partial charge in [-0.05, 0) is 26.0 Å². The van der Waals surface area contributed by atoms with Crippen molar-refractivity contribution in [2.75, 3.05) is 10.6 Å². The van der Waals surface area contributed by atoms with E-state index in [0.29, 0.717) is 11.5 Å². The Hall–Kier alpha value is -3.42. The van der Waals surface area contributed by atoms with E-state index in [2.05, 4.69) is 25.8 Å². The summed E-state index contributed by atoms with van der Waals surface area (Å²) in [5, 5.41) is 14.8. The first-order chi connectivity index (χ1) is 12.6. The van der Waals surface area contributed by atoms with E-state index in [1.54, 1.807) is 15.6 Å². The maximum Gasteiger partial charge on any atom is 0.255 e. The number of nitrogens with zero attached hydrogens (tertiary/aromatic N) is 5. The molecule has 1 aliphatic heterocycles. The van der Waals surface area contributed by atoms with Crippen LogP contribution in [0.15, 0.2) is 54.1 Å². The summed E-state index contributed by atoms with van der Waals surface area (Å²) in [5.74, 6) is 0.419. The summed E-state index contributed by atoms with van der Waals surface area (Å²) in [4.78, 5) is 17.4. The summed E-state index contributed by atoms with van der Waals surface area (Å²) >= 11 is 0. The van der Waals surface area contributed by atoms with Crippen molar-refractivity contribution in [2.45, 2.75) is 19.9 Å². The highest BCUT2D eigenvalue weighted by Crippen LogP contribution is 2.36. The van der Waals surface area contributed by atoms with Crippen LogP contribution in [0.3, 0.4) is 0 Å². The number of carbonyl (C=O) groups excluding carboxylic acids is 1. The Bertz CT molecular complexity index is 1000. The molecular formula is C18H19N7O. The van der Waals surface area contributed by atoms with Gasteiger partial charge in [-0.3, -0.25) is 9.48 Å². The van der Waals surface area contributed by atoms with E-state index in [0.717, 1.165) is 22.6 Å². The molecule has 4 rings (SSSR count). The zero-order valence-corrected chi connectivity index (χ0v) is 14.8. The molecule has 3 aromatic rings. The lowest BCUT2D eigenvalue weighted by Gasteiger charge is -2.28. The number of hydrogen-bond donors (Lipinski definition) is 2. The molecule has 0 radical (unpaired) electrons. The lowest BCUT2D eigenvalue weighted by atomic mass is 9.95. The lowest BCUT2D eigenvalue weighted by Crippen LogP contribution is -2.31. The van der Waals surface area contributed by atoms with Crippen molar-refractivity contribution >= 4 is 17.5 Å². The molecule has 8 heteroatoms. The average Bonchev–Trinajstić information content (AvgIpc) is 3.22. The van der Waals surface area contributed by atoms with Gasteiger partial charge in [-0.1, -0.05) is 18.2 Å². The topological polar surface area (TPSA) is 89.7 Å². The standard InChI is InChI=1S/C18H19N7O/c1-11-15(17(26)23-13-7-5-4-6-8-13)16(14-9-20-24(3)12(14)2)25-18(22-11)19-10-21-25/h4-10,16H,1-3H3,(H,23,26)(H,19,21,22)/t16-/m0/s1. The Balaban J connectivity index is 1.80. The monoisotopic (exact) mass is 349 g/mol. The van der Waals surface area contributed by atoms with E-state index in [4.69, 9.17) is 0 Å². The number of carbonyl (C=O) groups is 1. The molecule has 1 aliphatic rings. The van der Waals surface area contributed by atoms with Gasteiger partial charge in [0, 0.05) is 29.7 Å². The van der Waals surface area contributed by atoms with Gasteiger partial charge < -0.3 is 10.6 Å². The third kappa shape index (κ3) is 2.55. The van der Waals surface area contributed by atoms with Crippen molar-refractivity contribution in [3.8, 4) is 0 Å². The number of amides is 1. The van der Waals surface area contributed by atoms with Crippen LogP contribution < -0.4 is 10.6 Å². The second kappa shape index (κ2) is 6.14. The van der Waals surface area contributed by atoms with Crippen LogP contribution in [0.4, 0.5) is 11.6 Å². The molecule has 0 saturated heterocycles. The molecule has 1 aromatic carbocycles. The first kappa shape index (κ1) is 16.1. The highest BCUT2D eigenvalue weighted by Gasteiger charge is 2.35. The highest BCUT2D eigenvalue weighted by molar-refractivity contribution is 6.06. The Labute approximate surface area is 150 Å². The molecule has 0 aliphatic carbocycles. The van der Waals surface area contributed by atoms with E-state index < -0.39 is 6.04 Å². The van der Waals surface area contributed by atoms with E-state index in [-0.39, 0.29) is 5.91 Å². The lowest BCUT2D eigenvalue weighted by molar-refractivity contribution is -0.113. The summed E-state index contributed by atoms with van der Waals surface area (Å²) in [7, 11) is 1.88. The van der Waals surface area contributed by atoms with Gasteiger partial charge in [-0.15, -0.1) is 0 Å². The number of anilines is 2. The minimum atomic E-state index is -0.397. The number of fused-ring (bicyclic) bond motifs is 1. The Kier molecular flexibility index (Phi) is 3.80. The molecule has 2 aromatic heterocycles. The summed E-state index contributed by atoms with van der Waals surface area (Å²) in [5.41, 5.74) is 3.95. The third-order valence-corrected chi connectivity index (χ3v) is 4.64. The molecule has 0 unspecified atom stereocenters. The normalized spacial score (nSPS) is 16.2. The minimum absolute atomic E-state index is 0.185. The van der Waals surface area contributed by atoms with Crippen LogP contribution in [0.25, 0.3) is 0 Å². The van der Waals surface area contributed by atoms with Crippen molar-refractivity contribution in [1.82, 2.24) is 24.5 Å². The fourth-order valence-electron chi connectivity index (χ4n) is 3.18. The molecule has 8 nitrogen and oxygen atoms in total. The zero-order chi connectivity index (χ0) is 18.3. The maximum absolute atomic E-state index is 13.1. The molecule has 26 heavy (non-hydrogen) atoms. The van der Waals surface area contributed by atoms with Crippen molar-refractivity contribution in [3.05, 3.63) is 65.4 Å².